The number of halogens is 2. The summed E-state index contributed by atoms with van der Waals surface area (Å²) < 4.78 is 0. The quantitative estimate of drug-likeness (QED) is 0.482. The van der Waals surface area contributed by atoms with Gasteiger partial charge in [-0.2, -0.15) is 18.6 Å². The zero-order chi connectivity index (χ0) is 16.4. The van der Waals surface area contributed by atoms with Gasteiger partial charge >= 0.3 is 21.7 Å². The molecule has 0 fully saturated rings. The van der Waals surface area contributed by atoms with Crippen LogP contribution in [0.15, 0.2) is 41.0 Å². The molecular formula is C20H29Cl2NTi-2. The van der Waals surface area contributed by atoms with Gasteiger partial charge in [-0.1, -0.05) is 50.5 Å². The molecule has 1 unspecified atom stereocenters. The molecule has 0 aliphatic heterocycles. The van der Waals surface area contributed by atoms with E-state index in [0.29, 0.717) is 5.92 Å². The van der Waals surface area contributed by atoms with E-state index in [9.17, 15) is 0 Å². The van der Waals surface area contributed by atoms with Crippen molar-refractivity contribution in [1.29, 1.82) is 0 Å². The maximum Gasteiger partial charge on any atom is 2.00 e. The van der Waals surface area contributed by atoms with Crippen LogP contribution in [0.25, 0.3) is 11.3 Å². The number of hydrogen-bond acceptors (Lipinski definition) is 0. The van der Waals surface area contributed by atoms with Crippen LogP contribution < -0.4 is 24.8 Å². The van der Waals surface area contributed by atoms with Gasteiger partial charge in [-0.05, 0) is 32.3 Å². The average molecular weight is 402 g/mol. The fourth-order valence-corrected chi connectivity index (χ4v) is 2.58. The summed E-state index contributed by atoms with van der Waals surface area (Å²) in [5.74, 6) is 0.530. The van der Waals surface area contributed by atoms with E-state index < -0.39 is 0 Å². The standard InChI is InChI=1S/C16H19.C4H10N.2ClH.Ti/c1-10-8-6-7-9-15(10)16-13(4)11(2)12(3)14(16)5;1-4(2,3)5;;;/h6-9,13H,1H2,2-5H3;5H,1-3H3;2*1H;/q2*-1;;;+2/p-2. The van der Waals surface area contributed by atoms with Crippen LogP contribution >= 0.6 is 0 Å². The van der Waals surface area contributed by atoms with Crippen LogP contribution in [-0.4, -0.2) is 5.54 Å². The largest absolute Gasteiger partial charge is 2.00 e. The number of nitrogens with one attached hydrogen (secondary N) is 1. The summed E-state index contributed by atoms with van der Waals surface area (Å²) in [6.45, 7) is 18.7. The molecule has 1 aromatic rings. The van der Waals surface area contributed by atoms with Crippen molar-refractivity contribution in [2.24, 2.45) is 5.92 Å². The fourth-order valence-electron chi connectivity index (χ4n) is 2.58. The Labute approximate surface area is 176 Å². The molecule has 4 heteroatoms. The van der Waals surface area contributed by atoms with Crippen LogP contribution in [0, 0.1) is 12.8 Å². The van der Waals surface area contributed by atoms with Crippen LogP contribution in [0.1, 0.15) is 59.6 Å². The Hall–Kier alpha value is -0.176. The van der Waals surface area contributed by atoms with Gasteiger partial charge in [-0.15, -0.1) is 23.2 Å². The second kappa shape index (κ2) is 11.4. The molecule has 1 N–H and O–H groups in total. The zero-order valence-corrected chi connectivity index (χ0v) is 18.9. The minimum atomic E-state index is -0.250. The number of benzene rings is 1. The molecule has 1 nitrogen and oxygen atoms in total. The molecule has 0 saturated heterocycles. The predicted molar refractivity (Wildman–Crippen MR) is 95.1 cm³/mol. The Kier molecular flexibility index (Phi) is 13.6. The first-order chi connectivity index (χ1) is 9.54. The van der Waals surface area contributed by atoms with E-state index in [4.69, 9.17) is 5.73 Å². The average Bonchev–Trinajstić information content (AvgIpc) is 2.53. The van der Waals surface area contributed by atoms with E-state index in [1.54, 1.807) is 0 Å². The predicted octanol–water partition coefficient (Wildman–Crippen LogP) is 0.471. The van der Waals surface area contributed by atoms with E-state index in [-0.39, 0.29) is 52.1 Å². The van der Waals surface area contributed by atoms with E-state index >= 15 is 0 Å². The van der Waals surface area contributed by atoms with Crippen molar-refractivity contribution in [3.05, 3.63) is 64.8 Å². The van der Waals surface area contributed by atoms with Gasteiger partial charge < -0.3 is 30.5 Å². The van der Waals surface area contributed by atoms with Crippen LogP contribution in [0.4, 0.5) is 0 Å². The Balaban J connectivity index is -0.000000490. The molecule has 1 aliphatic carbocycles. The van der Waals surface area contributed by atoms with E-state index in [0.717, 1.165) is 5.56 Å². The molecular weight excluding hydrogens is 373 g/mol. The second-order valence-electron chi connectivity index (χ2n) is 6.98. The summed E-state index contributed by atoms with van der Waals surface area (Å²) >= 11 is 0. The molecule has 0 saturated carbocycles. The summed E-state index contributed by atoms with van der Waals surface area (Å²) in [5.41, 5.74) is 15.0. The van der Waals surface area contributed by atoms with Crippen molar-refractivity contribution >= 4 is 5.57 Å². The molecule has 134 valence electrons. The van der Waals surface area contributed by atoms with Gasteiger partial charge in [-0.25, -0.2) is 0 Å². The number of allylic oxidation sites excluding steroid dienone is 4. The zero-order valence-electron chi connectivity index (χ0n) is 15.8. The SMILES string of the molecule is CC(C)(C)[NH-].[CH2-]c1ccccc1C1=C(C)C(C)=C(C)C1C.[Cl-].[Cl-].[Ti+2]. The number of hydrogen-bond donors (Lipinski definition) is 0. The molecule has 1 aliphatic rings. The third-order valence-electron chi connectivity index (χ3n) is 3.95. The normalized spacial score (nSPS) is 16.4. The third kappa shape index (κ3) is 7.80. The first kappa shape index (κ1) is 28.6. The molecule has 1 atom stereocenters. The van der Waals surface area contributed by atoms with Gasteiger partial charge in [0.2, 0.25) is 0 Å². The first-order valence-electron chi connectivity index (χ1n) is 7.59. The van der Waals surface area contributed by atoms with E-state index in [2.05, 4.69) is 58.9 Å². The monoisotopic (exact) mass is 401 g/mol. The molecule has 0 aromatic heterocycles. The van der Waals surface area contributed by atoms with E-state index in [1.165, 1.54) is 27.9 Å². The Morgan fingerprint density at radius 2 is 1.38 bits per heavy atom. The van der Waals surface area contributed by atoms with Gasteiger partial charge in [0, 0.05) is 0 Å². The molecule has 24 heavy (non-hydrogen) atoms. The van der Waals surface area contributed by atoms with Gasteiger partial charge in [0.05, 0.1) is 0 Å². The Bertz CT molecular complexity index is 578. The minimum Gasteiger partial charge on any atom is -1.00 e. The van der Waals surface area contributed by atoms with Gasteiger partial charge in [0.25, 0.3) is 0 Å². The van der Waals surface area contributed by atoms with Crippen molar-refractivity contribution in [1.82, 2.24) is 0 Å². The van der Waals surface area contributed by atoms with Crippen molar-refractivity contribution in [2.75, 3.05) is 0 Å². The van der Waals surface area contributed by atoms with Crippen molar-refractivity contribution in [3.8, 4) is 0 Å². The van der Waals surface area contributed by atoms with Gasteiger partial charge in [0.15, 0.2) is 0 Å². The summed E-state index contributed by atoms with van der Waals surface area (Å²) in [6.07, 6.45) is 0. The minimum absolute atomic E-state index is 0. The first-order valence-corrected chi connectivity index (χ1v) is 7.59. The molecule has 1 aromatic carbocycles. The van der Waals surface area contributed by atoms with Crippen molar-refractivity contribution in [2.45, 2.75) is 54.0 Å². The summed E-state index contributed by atoms with van der Waals surface area (Å²) in [7, 11) is 0. The smallest absolute Gasteiger partial charge is 1.00 e. The molecule has 2 rings (SSSR count). The second-order valence-corrected chi connectivity index (χ2v) is 6.98. The molecule has 0 radical (unpaired) electrons. The summed E-state index contributed by atoms with van der Waals surface area (Å²) in [5, 5.41) is 0. The van der Waals surface area contributed by atoms with Gasteiger partial charge in [-0.3, -0.25) is 0 Å². The van der Waals surface area contributed by atoms with Crippen LogP contribution in [-0.2, 0) is 21.7 Å². The molecule has 0 spiro atoms. The molecule has 0 heterocycles. The Morgan fingerprint density at radius 3 is 1.71 bits per heavy atom. The van der Waals surface area contributed by atoms with Crippen LogP contribution in [0.3, 0.4) is 0 Å². The third-order valence-corrected chi connectivity index (χ3v) is 3.95. The van der Waals surface area contributed by atoms with Crippen molar-refractivity contribution in [3.63, 3.8) is 0 Å². The summed E-state index contributed by atoms with van der Waals surface area (Å²) in [4.78, 5) is 0. The van der Waals surface area contributed by atoms with E-state index in [1.807, 2.05) is 20.8 Å². The maximum absolute atomic E-state index is 6.94. The molecule has 0 bridgehead atoms. The van der Waals surface area contributed by atoms with Crippen LogP contribution in [0.5, 0.6) is 0 Å². The fraction of sp³-hybridized carbons (Fsp3) is 0.450. The summed E-state index contributed by atoms with van der Waals surface area (Å²) in [6, 6.07) is 8.42. The van der Waals surface area contributed by atoms with Gasteiger partial charge in [0.1, 0.15) is 0 Å². The maximum atomic E-state index is 6.94. The topological polar surface area (TPSA) is 23.8 Å². The number of rotatable bonds is 1. The van der Waals surface area contributed by atoms with Crippen LogP contribution in [0.2, 0.25) is 0 Å². The Morgan fingerprint density at radius 1 is 0.958 bits per heavy atom. The van der Waals surface area contributed by atoms with Crippen molar-refractivity contribution < 1.29 is 46.5 Å². The molecule has 0 amide bonds.